The lowest BCUT2D eigenvalue weighted by molar-refractivity contribution is -0.137. The van der Waals surface area contributed by atoms with Crippen molar-refractivity contribution in [2.45, 2.75) is 32.2 Å². The van der Waals surface area contributed by atoms with Crippen LogP contribution in [0.5, 0.6) is 0 Å². The molecule has 0 aromatic rings. The largest absolute Gasteiger partial charge is 0.481 e. The van der Waals surface area contributed by atoms with Crippen molar-refractivity contribution in [3.63, 3.8) is 0 Å². The van der Waals surface area contributed by atoms with Crippen molar-refractivity contribution >= 4 is 5.97 Å². The van der Waals surface area contributed by atoms with Crippen LogP contribution in [0.1, 0.15) is 27.5 Å². The molecule has 0 aliphatic heterocycles. The highest BCUT2D eigenvalue weighted by molar-refractivity contribution is 5.67. The molecule has 0 saturated heterocycles. The zero-order valence-corrected chi connectivity index (χ0v) is 6.26. The minimum Gasteiger partial charge on any atom is -0.481 e. The van der Waals surface area contributed by atoms with Crippen molar-refractivity contribution in [2.75, 3.05) is 7.05 Å². The van der Waals surface area contributed by atoms with Crippen molar-refractivity contribution in [1.29, 1.82) is 0 Å². The first-order chi connectivity index (χ1) is 5.20. The summed E-state index contributed by atoms with van der Waals surface area (Å²) in [6.07, 6.45) is 1.68. The highest BCUT2D eigenvalue weighted by Gasteiger charge is 2.08. The van der Waals surface area contributed by atoms with Crippen molar-refractivity contribution in [1.82, 2.24) is 5.32 Å². The van der Waals surface area contributed by atoms with Crippen LogP contribution in [0.25, 0.3) is 0 Å². The Balaban J connectivity index is 3.49. The Morgan fingerprint density at radius 1 is 1.90 bits per heavy atom. The molecule has 0 aromatic carbocycles. The third kappa shape index (κ3) is 4.32. The normalized spacial score (nSPS) is 14.3. The van der Waals surface area contributed by atoms with Gasteiger partial charge in [-0.05, 0) is 13.5 Å². The fourth-order valence-electron chi connectivity index (χ4n) is 0.806. The first-order valence-corrected chi connectivity index (χ1v) is 3.39. The second-order valence-corrected chi connectivity index (χ2v) is 2.23. The van der Waals surface area contributed by atoms with Crippen LogP contribution in [0.3, 0.4) is 0 Å². The van der Waals surface area contributed by atoms with Gasteiger partial charge in [-0.2, -0.15) is 0 Å². The Bertz CT molecular complexity index is 119. The zero-order chi connectivity index (χ0) is 8.69. The topological polar surface area (TPSA) is 49.3 Å². The molecule has 60 valence electrons. The molecule has 0 aliphatic carbocycles. The van der Waals surface area contributed by atoms with Gasteiger partial charge in [-0.3, -0.25) is 4.79 Å². The van der Waals surface area contributed by atoms with Gasteiger partial charge < -0.3 is 10.4 Å². The van der Waals surface area contributed by atoms with E-state index in [0.717, 1.165) is 12.8 Å². The molecule has 3 nitrogen and oxygen atoms in total. The van der Waals surface area contributed by atoms with E-state index in [0.29, 0.717) is 6.90 Å². The first-order valence-electron chi connectivity index (χ1n) is 4.09. The van der Waals surface area contributed by atoms with Crippen LogP contribution in [0.2, 0.25) is 0 Å². The van der Waals surface area contributed by atoms with Crippen molar-refractivity contribution in [2.24, 2.45) is 0 Å². The lowest BCUT2D eigenvalue weighted by Gasteiger charge is -2.11. The Morgan fingerprint density at radius 2 is 2.60 bits per heavy atom. The number of nitrogens with one attached hydrogen (secondary N) is 1. The van der Waals surface area contributed by atoms with Gasteiger partial charge in [0.15, 0.2) is 0 Å². The predicted molar refractivity (Wildman–Crippen MR) is 40.0 cm³/mol. The zero-order valence-electron chi connectivity index (χ0n) is 7.26. The van der Waals surface area contributed by atoms with Gasteiger partial charge >= 0.3 is 5.97 Å². The summed E-state index contributed by atoms with van der Waals surface area (Å²) in [6.45, 7) is 0.373. The van der Waals surface area contributed by atoms with Crippen molar-refractivity contribution in [3.05, 3.63) is 0 Å². The maximum absolute atomic E-state index is 10.2. The highest BCUT2D eigenvalue weighted by Crippen LogP contribution is 1.99. The number of carboxylic acids is 1. The fraction of sp³-hybridized carbons (Fsp3) is 0.857. The molecule has 10 heavy (non-hydrogen) atoms. The standard InChI is InChI=1S/C7H15NO2/c1-3-4-6(8-2)5-7(9)10/h6,8H,3-5H2,1-2H3,(H,9,10)/i1T. The molecule has 0 aromatic heterocycles. The van der Waals surface area contributed by atoms with Crippen LogP contribution in [-0.2, 0) is 4.79 Å². The second-order valence-electron chi connectivity index (χ2n) is 2.23. The number of hydrogen-bond donors (Lipinski definition) is 2. The average Bonchev–Trinajstić information content (AvgIpc) is 1.97. The molecule has 1 unspecified atom stereocenters. The van der Waals surface area contributed by atoms with E-state index in [1.165, 1.54) is 0 Å². The van der Waals surface area contributed by atoms with Gasteiger partial charge in [0.1, 0.15) is 0 Å². The van der Waals surface area contributed by atoms with Crippen LogP contribution >= 0.6 is 0 Å². The summed E-state index contributed by atoms with van der Waals surface area (Å²) >= 11 is 0. The molecule has 0 fully saturated rings. The van der Waals surface area contributed by atoms with E-state index in [1.54, 1.807) is 7.05 Å². The molecule has 0 heterocycles. The van der Waals surface area contributed by atoms with Crippen molar-refractivity contribution in [3.8, 4) is 0 Å². The summed E-state index contributed by atoms with van der Waals surface area (Å²) in [6, 6.07) is 0.0258. The molecule has 0 radical (unpaired) electrons. The quantitative estimate of drug-likeness (QED) is 0.606. The van der Waals surface area contributed by atoms with Crippen LogP contribution in [0.15, 0.2) is 0 Å². The number of aliphatic carboxylic acids is 1. The van der Waals surface area contributed by atoms with Gasteiger partial charge in [0.25, 0.3) is 0 Å². The lowest BCUT2D eigenvalue weighted by atomic mass is 10.1. The molecule has 0 spiro atoms. The van der Waals surface area contributed by atoms with Gasteiger partial charge in [0, 0.05) is 7.41 Å². The van der Waals surface area contributed by atoms with Crippen LogP contribution in [-0.4, -0.2) is 24.2 Å². The Kier molecular flexibility index (Phi) is 3.94. The number of rotatable bonds is 5. The summed E-state index contributed by atoms with van der Waals surface area (Å²) in [5, 5.41) is 11.3. The maximum atomic E-state index is 10.2. The van der Waals surface area contributed by atoms with E-state index in [-0.39, 0.29) is 12.5 Å². The summed E-state index contributed by atoms with van der Waals surface area (Å²) in [4.78, 5) is 10.2. The molecule has 0 saturated carbocycles. The summed E-state index contributed by atoms with van der Waals surface area (Å²) in [5.74, 6) is -0.783. The Morgan fingerprint density at radius 3 is 3.00 bits per heavy atom. The van der Waals surface area contributed by atoms with E-state index in [2.05, 4.69) is 5.32 Å². The predicted octanol–water partition coefficient (Wildman–Crippen LogP) is 0.849. The molecule has 3 heteroatoms. The van der Waals surface area contributed by atoms with Gasteiger partial charge in [-0.15, -0.1) is 0 Å². The molecular weight excluding hydrogens is 130 g/mol. The van der Waals surface area contributed by atoms with Crippen LogP contribution < -0.4 is 5.32 Å². The summed E-state index contributed by atoms with van der Waals surface area (Å²) in [5.41, 5.74) is 0. The van der Waals surface area contributed by atoms with Gasteiger partial charge in [-0.25, -0.2) is 0 Å². The SMILES string of the molecule is [3H]CCCC(CC(=O)O)NC. The number of carboxylic acid groups (broad SMARTS) is 1. The van der Waals surface area contributed by atoms with Crippen LogP contribution in [0, 0.1) is 0 Å². The fourth-order valence-corrected chi connectivity index (χ4v) is 0.806. The van der Waals surface area contributed by atoms with E-state index in [1.807, 2.05) is 0 Å². The lowest BCUT2D eigenvalue weighted by Crippen LogP contribution is -2.27. The Labute approximate surface area is 62.8 Å². The second kappa shape index (κ2) is 5.23. The first kappa shape index (κ1) is 7.54. The molecule has 0 bridgehead atoms. The molecular formula is C7H15NO2. The monoisotopic (exact) mass is 147 g/mol. The van der Waals surface area contributed by atoms with E-state index in [9.17, 15) is 4.79 Å². The maximum Gasteiger partial charge on any atom is 0.304 e. The summed E-state index contributed by atoms with van der Waals surface area (Å²) in [7, 11) is 1.75. The van der Waals surface area contributed by atoms with Crippen LogP contribution in [0.4, 0.5) is 0 Å². The highest BCUT2D eigenvalue weighted by atomic mass is 16.4. The number of carbonyl (C=O) groups is 1. The average molecular weight is 147 g/mol. The van der Waals surface area contributed by atoms with Gasteiger partial charge in [-0.1, -0.05) is 13.3 Å². The molecule has 0 aliphatic rings. The van der Waals surface area contributed by atoms with E-state index < -0.39 is 5.97 Å². The van der Waals surface area contributed by atoms with Gasteiger partial charge in [0.2, 0.25) is 0 Å². The smallest absolute Gasteiger partial charge is 0.304 e. The molecule has 2 N–H and O–H groups in total. The Hall–Kier alpha value is -0.570. The summed E-state index contributed by atoms with van der Waals surface area (Å²) < 4.78 is 6.88. The minimum atomic E-state index is -0.783. The van der Waals surface area contributed by atoms with E-state index in [4.69, 9.17) is 6.48 Å². The minimum absolute atomic E-state index is 0.0258. The molecule has 0 amide bonds. The molecule has 1 atom stereocenters. The van der Waals surface area contributed by atoms with Gasteiger partial charge in [0.05, 0.1) is 6.42 Å². The third-order valence-corrected chi connectivity index (χ3v) is 1.38. The van der Waals surface area contributed by atoms with E-state index >= 15 is 0 Å². The number of hydrogen-bond acceptors (Lipinski definition) is 2. The van der Waals surface area contributed by atoms with Crippen molar-refractivity contribution < 1.29 is 11.3 Å². The third-order valence-electron chi connectivity index (χ3n) is 1.38. The molecule has 0 rings (SSSR count).